The van der Waals surface area contributed by atoms with Crippen LogP contribution in [0.1, 0.15) is 24.4 Å². The number of nitrogens with zero attached hydrogens (tertiary/aromatic N) is 2. The molecule has 0 bridgehead atoms. The molecule has 19 nitrogen and oxygen atoms in total. The molecule has 2 saturated heterocycles. The van der Waals surface area contributed by atoms with Gasteiger partial charge in [-0.1, -0.05) is 0 Å². The number of hydrogen-bond acceptors (Lipinski definition) is 14. The Bertz CT molecular complexity index is 1610. The van der Waals surface area contributed by atoms with E-state index in [1.807, 2.05) is 0 Å². The van der Waals surface area contributed by atoms with E-state index in [2.05, 4.69) is 15.3 Å². The predicted molar refractivity (Wildman–Crippen MR) is 152 cm³/mol. The van der Waals surface area contributed by atoms with Gasteiger partial charge in [0.2, 0.25) is 5.91 Å². The van der Waals surface area contributed by atoms with Crippen LogP contribution in [0.15, 0.2) is 37.6 Å². The molecule has 21 heteroatoms. The zero-order chi connectivity index (χ0) is 32.2. The average Bonchev–Trinajstić information content (AvgIpc) is 3.50. The highest BCUT2D eigenvalue weighted by molar-refractivity contribution is 8.00. The molecule has 0 spiro atoms. The summed E-state index contributed by atoms with van der Waals surface area (Å²) in [5.74, 6) is -0.661. The summed E-state index contributed by atoms with van der Waals surface area (Å²) in [6.07, 6.45) is -5.08. The minimum Gasteiger partial charge on any atom is -0.394 e. The number of rotatable bonds is 13. The molecule has 2 aliphatic rings. The summed E-state index contributed by atoms with van der Waals surface area (Å²) >= 11 is 0.896. The molecule has 4 heterocycles. The van der Waals surface area contributed by atoms with Gasteiger partial charge in [0.05, 0.1) is 30.3 Å². The molecular weight excluding hydrogens is 631 g/mol. The summed E-state index contributed by atoms with van der Waals surface area (Å²) in [5, 5.41) is 22.0. The monoisotopic (exact) mass is 664 g/mol. The highest BCUT2D eigenvalue weighted by Gasteiger charge is 2.50. The van der Waals surface area contributed by atoms with Crippen LogP contribution in [-0.4, -0.2) is 102 Å². The molecular formula is C23H33N6O13PS. The zero-order valence-corrected chi connectivity index (χ0v) is 25.0. The smallest absolute Gasteiger partial charge is 0.394 e. The van der Waals surface area contributed by atoms with Crippen molar-refractivity contribution in [2.45, 2.75) is 55.5 Å². The fourth-order valence-electron chi connectivity index (χ4n) is 4.63. The third-order valence-corrected chi connectivity index (χ3v) is 9.08. The van der Waals surface area contributed by atoms with E-state index >= 15 is 0 Å². The summed E-state index contributed by atoms with van der Waals surface area (Å²) in [5.41, 5.74) is 2.71. The number of aliphatic hydroxyl groups is 2. The second-order valence-corrected chi connectivity index (χ2v) is 12.5. The molecule has 2 aromatic heterocycles. The maximum absolute atomic E-state index is 13.1. The second-order valence-electron chi connectivity index (χ2n) is 9.92. The van der Waals surface area contributed by atoms with Crippen molar-refractivity contribution in [1.82, 2.24) is 24.4 Å². The number of ether oxygens (including phenoxy) is 2. The zero-order valence-electron chi connectivity index (χ0n) is 23.3. The Balaban J connectivity index is 1.49. The minimum absolute atomic E-state index is 0.0976. The molecule has 0 aliphatic carbocycles. The SMILES string of the molecule is Cc1cn([C@H]2C[C@H](O)[C@@H](COP(=O)(O)O[C@H]3[C@@H](SCC(=O)NCCN)[C@H](n4ccc(=O)[nH]c4=O)O[C@@H]3CO)O2)c(=O)[nH]c1=O. The first-order valence-corrected chi connectivity index (χ1v) is 15.9. The maximum atomic E-state index is 13.1. The number of amides is 1. The molecule has 44 heavy (non-hydrogen) atoms. The number of aromatic amines is 2. The Hall–Kier alpha value is -2.91. The first-order chi connectivity index (χ1) is 20.8. The molecule has 1 unspecified atom stereocenters. The van der Waals surface area contributed by atoms with Gasteiger partial charge in [-0.05, 0) is 6.92 Å². The van der Waals surface area contributed by atoms with Gasteiger partial charge in [0.15, 0.2) is 6.23 Å². The first-order valence-electron chi connectivity index (χ1n) is 13.3. The van der Waals surface area contributed by atoms with Crippen LogP contribution in [0.25, 0.3) is 0 Å². The molecule has 1 amide bonds. The largest absolute Gasteiger partial charge is 0.472 e. The van der Waals surface area contributed by atoms with Crippen LogP contribution in [0.5, 0.6) is 0 Å². The summed E-state index contributed by atoms with van der Waals surface area (Å²) in [7, 11) is -5.00. The van der Waals surface area contributed by atoms with Crippen molar-refractivity contribution < 1.29 is 43.0 Å². The van der Waals surface area contributed by atoms with Crippen molar-refractivity contribution >= 4 is 25.5 Å². The van der Waals surface area contributed by atoms with Crippen LogP contribution in [0.2, 0.25) is 0 Å². The van der Waals surface area contributed by atoms with Crippen LogP contribution < -0.4 is 33.5 Å². The van der Waals surface area contributed by atoms with Crippen molar-refractivity contribution in [3.8, 4) is 0 Å². The van der Waals surface area contributed by atoms with Crippen LogP contribution >= 0.6 is 19.6 Å². The lowest BCUT2D eigenvalue weighted by molar-refractivity contribution is -0.118. The van der Waals surface area contributed by atoms with Gasteiger partial charge in [-0.15, -0.1) is 11.8 Å². The normalized spacial score (nSPS) is 28.2. The Morgan fingerprint density at radius 3 is 2.61 bits per heavy atom. The summed E-state index contributed by atoms with van der Waals surface area (Å²) in [6.45, 7) is 0.456. The number of H-pyrrole nitrogens is 2. The fraction of sp³-hybridized carbons (Fsp3) is 0.609. The van der Waals surface area contributed by atoms with Gasteiger partial charge in [0.25, 0.3) is 11.1 Å². The third kappa shape index (κ3) is 8.02. The van der Waals surface area contributed by atoms with E-state index in [0.29, 0.717) is 0 Å². The minimum atomic E-state index is -5.00. The van der Waals surface area contributed by atoms with Crippen LogP contribution in [0, 0.1) is 6.92 Å². The lowest BCUT2D eigenvalue weighted by Gasteiger charge is -2.26. The van der Waals surface area contributed by atoms with Crippen molar-refractivity contribution in [3.05, 3.63) is 65.7 Å². The van der Waals surface area contributed by atoms with E-state index in [4.69, 9.17) is 24.3 Å². The van der Waals surface area contributed by atoms with Gasteiger partial charge in [0, 0.05) is 43.5 Å². The van der Waals surface area contributed by atoms with Crippen LogP contribution in [-0.2, 0) is 27.9 Å². The van der Waals surface area contributed by atoms with E-state index < -0.39 is 91.6 Å². The Labute approximate surface area is 251 Å². The molecule has 8 atom stereocenters. The number of phosphoric acid groups is 1. The molecule has 2 fully saturated rings. The molecule has 8 N–H and O–H groups in total. The molecule has 244 valence electrons. The summed E-state index contributed by atoms with van der Waals surface area (Å²) in [4.78, 5) is 75.1. The molecule has 2 aromatic rings. The third-order valence-electron chi connectivity index (χ3n) is 6.78. The van der Waals surface area contributed by atoms with E-state index in [1.54, 1.807) is 0 Å². The molecule has 0 saturated carbocycles. The number of aliphatic hydroxyl groups excluding tert-OH is 2. The van der Waals surface area contributed by atoms with E-state index in [1.165, 1.54) is 13.1 Å². The van der Waals surface area contributed by atoms with Gasteiger partial charge in [0.1, 0.15) is 24.5 Å². The number of aromatic nitrogens is 4. The van der Waals surface area contributed by atoms with Gasteiger partial charge < -0.3 is 35.6 Å². The summed E-state index contributed by atoms with van der Waals surface area (Å²) in [6, 6.07) is 1.05. The number of carbonyl (C=O) groups excluding carboxylic acids is 1. The number of carbonyl (C=O) groups is 1. The number of nitrogens with two attached hydrogens (primary N) is 1. The quantitative estimate of drug-likeness (QED) is 0.103. The van der Waals surface area contributed by atoms with E-state index in [-0.39, 0.29) is 30.8 Å². The molecule has 4 rings (SSSR count). The predicted octanol–water partition coefficient (Wildman–Crippen LogP) is -3.39. The Morgan fingerprint density at radius 1 is 1.20 bits per heavy atom. The molecule has 0 aromatic carbocycles. The Morgan fingerprint density at radius 2 is 1.93 bits per heavy atom. The van der Waals surface area contributed by atoms with Gasteiger partial charge in [-0.25, -0.2) is 14.2 Å². The van der Waals surface area contributed by atoms with Gasteiger partial charge >= 0.3 is 19.2 Å². The van der Waals surface area contributed by atoms with Gasteiger partial charge in [-0.2, -0.15) is 0 Å². The number of phosphoric ester groups is 1. The highest BCUT2D eigenvalue weighted by Crippen LogP contribution is 2.51. The lowest BCUT2D eigenvalue weighted by atomic mass is 10.2. The topological polar surface area (TPSA) is 280 Å². The van der Waals surface area contributed by atoms with Gasteiger partial charge in [-0.3, -0.25) is 42.5 Å². The fourth-order valence-corrected chi connectivity index (χ4v) is 6.91. The Kier molecular flexibility index (Phi) is 11.2. The van der Waals surface area contributed by atoms with Crippen molar-refractivity contribution in [2.24, 2.45) is 5.73 Å². The second kappa shape index (κ2) is 14.5. The van der Waals surface area contributed by atoms with Crippen LogP contribution in [0.3, 0.4) is 0 Å². The number of nitrogens with one attached hydrogen (secondary N) is 3. The standard InChI is InChI=1S/C23H33N6O13PS/c1-11-7-29(23(36)27-20(11)34)17-6-12(31)14(40-17)9-39-43(37,38)42-18-13(8-30)41-21(28-5-2-15(32)26-22(28)35)19(18)44-10-16(33)25-4-3-24/h2,5,7,12-14,17-19,21,30-31H,3-4,6,8-10,24H2,1H3,(H,25,33)(H,37,38)(H,26,32,35)(H,27,34,36)/t12-,13+,14+,17+,18+,19+,21+/m0/s1. The highest BCUT2D eigenvalue weighted by atomic mass is 32.2. The van der Waals surface area contributed by atoms with Crippen molar-refractivity contribution in [2.75, 3.05) is 32.1 Å². The average molecular weight is 665 g/mol. The number of hydrogen-bond donors (Lipinski definition) is 7. The number of thioether (sulfide) groups is 1. The van der Waals surface area contributed by atoms with Crippen molar-refractivity contribution in [3.63, 3.8) is 0 Å². The molecule has 0 radical (unpaired) electrons. The molecule has 2 aliphatic heterocycles. The van der Waals surface area contributed by atoms with E-state index in [9.17, 15) is 43.6 Å². The first kappa shape index (κ1) is 34.0. The lowest BCUT2D eigenvalue weighted by Crippen LogP contribution is -2.38. The maximum Gasteiger partial charge on any atom is 0.472 e. The van der Waals surface area contributed by atoms with Crippen LogP contribution in [0.4, 0.5) is 0 Å². The van der Waals surface area contributed by atoms with Crippen molar-refractivity contribution in [1.29, 1.82) is 0 Å². The number of aryl methyl sites for hydroxylation is 1. The van der Waals surface area contributed by atoms with E-state index in [0.717, 1.165) is 33.2 Å². The summed E-state index contributed by atoms with van der Waals surface area (Å²) < 4.78 is 37.1.